The molecule has 18 nitrogen and oxygen atoms in total. The summed E-state index contributed by atoms with van der Waals surface area (Å²) in [6, 6.07) is 56.9. The van der Waals surface area contributed by atoms with Gasteiger partial charge in [-0.1, -0.05) is 182 Å². The number of esters is 2. The third-order valence-corrected chi connectivity index (χ3v) is 14.3. The molecular formula is C65H74O18. The van der Waals surface area contributed by atoms with E-state index in [1.165, 1.54) is 21.0 Å². The molecule has 3 heterocycles. The van der Waals surface area contributed by atoms with Crippen molar-refractivity contribution in [3.63, 3.8) is 0 Å². The largest absolute Gasteiger partial charge is 0.454 e. The van der Waals surface area contributed by atoms with Crippen molar-refractivity contribution in [3.8, 4) is 0 Å². The van der Waals surface area contributed by atoms with Crippen molar-refractivity contribution >= 4 is 11.9 Å². The standard InChI is InChI=1S/C65H74O18/c1-43(66)78-61-57(73-36-47-26-14-6-15-27-47)54(68)51(40-71-34-45-22-10-4-11-23-45)80-64(61)77-42-53-56(59(75-38-49-30-18-8-19-31-49)60(63(70-3)82-53)76-39-50-32-20-9-21-33-50)83-65-62(79-44(2)67)58(74-37-48-28-16-7-17-29-48)55(69)52(81-65)41-72-35-46-24-12-5-13-25-46/h4-33,51-65,68-69H,34-42H2,1-3H3/t51?,52?,53?,54-,55-,56-,57?,58?,59?,60?,61?,62?,63+,64-,65-/m1/s1. The number of hydrogen-bond donors (Lipinski definition) is 2. The summed E-state index contributed by atoms with van der Waals surface area (Å²) in [5.41, 5.74) is 5.06. The first-order valence-corrected chi connectivity index (χ1v) is 27.9. The topological polar surface area (TPSA) is 204 Å². The molecule has 3 fully saturated rings. The lowest BCUT2D eigenvalue weighted by Crippen LogP contribution is -2.66. The Kier molecular flexibility index (Phi) is 23.3. The fourth-order valence-electron chi connectivity index (χ4n) is 10.2. The number of aliphatic hydroxyl groups is 2. The van der Waals surface area contributed by atoms with Crippen LogP contribution in [-0.2, 0) is 116 Å². The van der Waals surface area contributed by atoms with E-state index >= 15 is 0 Å². The molecule has 0 aliphatic carbocycles. The van der Waals surface area contributed by atoms with Gasteiger partial charge in [0.25, 0.3) is 0 Å². The van der Waals surface area contributed by atoms with Gasteiger partial charge < -0.3 is 76.5 Å². The Balaban J connectivity index is 1.08. The predicted octanol–water partition coefficient (Wildman–Crippen LogP) is 7.57. The van der Waals surface area contributed by atoms with Crippen molar-refractivity contribution in [2.24, 2.45) is 0 Å². The van der Waals surface area contributed by atoms with Gasteiger partial charge in [0.15, 0.2) is 31.1 Å². The third kappa shape index (κ3) is 17.6. The smallest absolute Gasteiger partial charge is 0.303 e. The van der Waals surface area contributed by atoms with E-state index in [2.05, 4.69) is 0 Å². The second kappa shape index (κ2) is 31.6. The second-order valence-electron chi connectivity index (χ2n) is 20.5. The predicted molar refractivity (Wildman–Crippen MR) is 299 cm³/mol. The normalized spacial score (nSPS) is 28.0. The third-order valence-electron chi connectivity index (χ3n) is 14.3. The Labute approximate surface area is 484 Å². The molecular weight excluding hydrogens is 1070 g/mol. The molecule has 3 aliphatic heterocycles. The summed E-state index contributed by atoms with van der Waals surface area (Å²) >= 11 is 0. The minimum absolute atomic E-state index is 0.0231. The summed E-state index contributed by atoms with van der Waals surface area (Å²) in [5.74, 6) is -1.39. The van der Waals surface area contributed by atoms with Crippen molar-refractivity contribution < 1.29 is 86.1 Å². The maximum Gasteiger partial charge on any atom is 0.303 e. The van der Waals surface area contributed by atoms with Crippen LogP contribution >= 0.6 is 0 Å². The van der Waals surface area contributed by atoms with E-state index in [4.69, 9.17) is 66.3 Å². The van der Waals surface area contributed by atoms with Gasteiger partial charge in [0.1, 0.15) is 61.0 Å². The minimum atomic E-state index is -1.50. The second-order valence-corrected chi connectivity index (χ2v) is 20.5. The Morgan fingerprint density at radius 3 is 1.06 bits per heavy atom. The first-order chi connectivity index (χ1) is 40.6. The fraction of sp³-hybridized carbons (Fsp3) is 0.415. The molecule has 0 bridgehead atoms. The van der Waals surface area contributed by atoms with Crippen molar-refractivity contribution in [2.45, 2.75) is 146 Å². The first-order valence-electron chi connectivity index (χ1n) is 27.9. The highest BCUT2D eigenvalue weighted by atomic mass is 16.8. The number of methoxy groups -OCH3 is 1. The van der Waals surface area contributed by atoms with Crippen LogP contribution in [0.15, 0.2) is 182 Å². The van der Waals surface area contributed by atoms with Crippen molar-refractivity contribution in [2.75, 3.05) is 26.9 Å². The van der Waals surface area contributed by atoms with E-state index in [1.54, 1.807) is 0 Å². The lowest BCUT2D eigenvalue weighted by molar-refractivity contribution is -0.375. The number of carbonyl (C=O) groups is 2. The summed E-state index contributed by atoms with van der Waals surface area (Å²) in [6.07, 6.45) is -18.7. The molecule has 0 saturated carbocycles. The SMILES string of the molecule is CO[C@H]1OC(CO[C@@H]2OC(COCc3ccccc3)[C@@H](O)C(OCc3ccccc3)C2OC(C)=O)[C@@H](O[C@H]2OC(COCc3ccccc3)[C@@H](O)C(OCc3ccccc3)C2OC(C)=O)C(OCc2ccccc2)C1OCc1ccccc1. The number of hydrogen-bond acceptors (Lipinski definition) is 18. The van der Waals surface area contributed by atoms with Gasteiger partial charge in [-0.05, 0) is 33.4 Å². The quantitative estimate of drug-likeness (QED) is 0.0455. The summed E-state index contributed by atoms with van der Waals surface area (Å²) in [5, 5.41) is 24.3. The maximum atomic E-state index is 13.3. The Morgan fingerprint density at radius 2 is 0.687 bits per heavy atom. The Hall–Kier alpha value is -6.30. The molecule has 83 heavy (non-hydrogen) atoms. The van der Waals surface area contributed by atoms with Crippen molar-refractivity contribution in [1.82, 2.24) is 0 Å². The number of rotatable bonds is 28. The van der Waals surface area contributed by atoms with E-state index in [0.717, 1.165) is 33.4 Å². The molecule has 15 atom stereocenters. The van der Waals surface area contributed by atoms with Gasteiger partial charge in [0.05, 0.1) is 59.5 Å². The van der Waals surface area contributed by atoms with Crippen LogP contribution in [0.5, 0.6) is 0 Å². The summed E-state index contributed by atoms with van der Waals surface area (Å²) in [6.45, 7) is 2.50. The zero-order chi connectivity index (χ0) is 57.8. The van der Waals surface area contributed by atoms with Crippen LogP contribution in [0.2, 0.25) is 0 Å². The zero-order valence-electron chi connectivity index (χ0n) is 46.8. The number of ether oxygens (including phenoxy) is 14. The van der Waals surface area contributed by atoms with E-state index in [-0.39, 0.29) is 59.5 Å². The molecule has 0 spiro atoms. The maximum absolute atomic E-state index is 13.3. The molecule has 18 heteroatoms. The van der Waals surface area contributed by atoms with Crippen LogP contribution in [0.1, 0.15) is 47.2 Å². The highest BCUT2D eigenvalue weighted by Gasteiger charge is 2.56. The first kappa shape index (κ1) is 61.3. The lowest BCUT2D eigenvalue weighted by atomic mass is 9.95. The van der Waals surface area contributed by atoms with E-state index < -0.39 is 104 Å². The molecule has 6 aromatic rings. The van der Waals surface area contributed by atoms with Gasteiger partial charge >= 0.3 is 11.9 Å². The summed E-state index contributed by atoms with van der Waals surface area (Å²) < 4.78 is 91.3. The highest BCUT2D eigenvalue weighted by molar-refractivity contribution is 5.66. The van der Waals surface area contributed by atoms with Crippen LogP contribution in [0.4, 0.5) is 0 Å². The fourth-order valence-corrected chi connectivity index (χ4v) is 10.2. The number of aliphatic hydroxyl groups excluding tert-OH is 2. The van der Waals surface area contributed by atoms with Gasteiger partial charge in [0.2, 0.25) is 0 Å². The van der Waals surface area contributed by atoms with Crippen molar-refractivity contribution in [1.29, 1.82) is 0 Å². The molecule has 0 radical (unpaired) electrons. The van der Waals surface area contributed by atoms with Gasteiger partial charge in [-0.2, -0.15) is 0 Å². The van der Waals surface area contributed by atoms with Gasteiger partial charge in [-0.3, -0.25) is 9.59 Å². The minimum Gasteiger partial charge on any atom is -0.454 e. The van der Waals surface area contributed by atoms with Crippen LogP contribution in [-0.4, -0.2) is 141 Å². The van der Waals surface area contributed by atoms with Gasteiger partial charge in [0, 0.05) is 21.0 Å². The van der Waals surface area contributed by atoms with Crippen LogP contribution in [0.3, 0.4) is 0 Å². The van der Waals surface area contributed by atoms with Crippen LogP contribution in [0.25, 0.3) is 0 Å². The average molecular weight is 1140 g/mol. The molecule has 3 saturated heterocycles. The van der Waals surface area contributed by atoms with Gasteiger partial charge in [-0.15, -0.1) is 0 Å². The zero-order valence-corrected chi connectivity index (χ0v) is 46.8. The number of carbonyl (C=O) groups excluding carboxylic acids is 2. The molecule has 2 N–H and O–H groups in total. The molecule has 3 aliphatic rings. The molecule has 0 amide bonds. The lowest BCUT2D eigenvalue weighted by Gasteiger charge is -2.49. The average Bonchev–Trinajstić information content (AvgIpc) is 3.29. The Bertz CT molecular complexity index is 2800. The molecule has 9 rings (SSSR count). The molecule has 9 unspecified atom stereocenters. The van der Waals surface area contributed by atoms with E-state index in [0.29, 0.717) is 0 Å². The van der Waals surface area contributed by atoms with E-state index in [1.807, 2.05) is 182 Å². The van der Waals surface area contributed by atoms with Crippen LogP contribution < -0.4 is 0 Å². The number of benzene rings is 6. The van der Waals surface area contributed by atoms with Crippen molar-refractivity contribution in [3.05, 3.63) is 215 Å². The monoisotopic (exact) mass is 1140 g/mol. The Morgan fingerprint density at radius 1 is 0.361 bits per heavy atom. The van der Waals surface area contributed by atoms with Gasteiger partial charge in [-0.25, -0.2) is 0 Å². The summed E-state index contributed by atoms with van der Waals surface area (Å²) in [7, 11) is 1.48. The molecule has 6 aromatic carbocycles. The van der Waals surface area contributed by atoms with E-state index in [9.17, 15) is 19.8 Å². The summed E-state index contributed by atoms with van der Waals surface area (Å²) in [4.78, 5) is 26.3. The molecule has 442 valence electrons. The molecule has 0 aromatic heterocycles. The van der Waals surface area contributed by atoms with Crippen LogP contribution in [0, 0.1) is 0 Å². The highest BCUT2D eigenvalue weighted by Crippen LogP contribution is 2.37.